The second-order valence-electron chi connectivity index (χ2n) is 6.37. The number of hydrogen-bond donors (Lipinski definition) is 3. The normalized spacial score (nSPS) is 15.1. The SMILES string of the molecule is CCNC(=NCC(=O)NC1CCCCC1)NCCc1ccccc1F.I. The molecule has 0 unspecified atom stereocenters. The molecule has 0 radical (unpaired) electrons. The molecule has 0 bridgehead atoms. The molecule has 0 aromatic heterocycles. The predicted octanol–water partition coefficient (Wildman–Crippen LogP) is 2.99. The Kier molecular flexibility index (Phi) is 11.2. The number of halogens is 2. The Hall–Kier alpha value is -1.38. The average molecular weight is 476 g/mol. The lowest BCUT2D eigenvalue weighted by Crippen LogP contribution is -2.41. The van der Waals surface area contributed by atoms with Crippen molar-refractivity contribution in [3.63, 3.8) is 0 Å². The first-order chi connectivity index (χ1) is 12.2. The topological polar surface area (TPSA) is 65.5 Å². The van der Waals surface area contributed by atoms with Gasteiger partial charge in [0.15, 0.2) is 5.96 Å². The summed E-state index contributed by atoms with van der Waals surface area (Å²) in [6.45, 7) is 3.33. The summed E-state index contributed by atoms with van der Waals surface area (Å²) in [6.07, 6.45) is 6.34. The largest absolute Gasteiger partial charge is 0.357 e. The highest BCUT2D eigenvalue weighted by molar-refractivity contribution is 14.0. The molecule has 146 valence electrons. The van der Waals surface area contributed by atoms with Crippen LogP contribution in [0, 0.1) is 5.82 Å². The molecule has 1 amide bonds. The predicted molar refractivity (Wildman–Crippen MR) is 115 cm³/mol. The lowest BCUT2D eigenvalue weighted by atomic mass is 9.95. The fraction of sp³-hybridized carbons (Fsp3) is 0.579. The molecule has 0 atom stereocenters. The Labute approximate surface area is 172 Å². The summed E-state index contributed by atoms with van der Waals surface area (Å²) in [7, 11) is 0. The van der Waals surface area contributed by atoms with Crippen LogP contribution in [0.15, 0.2) is 29.3 Å². The van der Waals surface area contributed by atoms with Crippen molar-refractivity contribution in [1.29, 1.82) is 0 Å². The van der Waals surface area contributed by atoms with Crippen molar-refractivity contribution in [2.24, 2.45) is 4.99 Å². The molecule has 3 N–H and O–H groups in total. The molecule has 0 spiro atoms. The minimum Gasteiger partial charge on any atom is -0.357 e. The summed E-state index contributed by atoms with van der Waals surface area (Å²) in [5.41, 5.74) is 0.667. The number of guanidine groups is 1. The first kappa shape index (κ1) is 22.7. The van der Waals surface area contributed by atoms with Crippen LogP contribution in [0.4, 0.5) is 4.39 Å². The third-order valence-electron chi connectivity index (χ3n) is 4.34. The molecule has 5 nitrogen and oxygen atoms in total. The second kappa shape index (κ2) is 12.9. The molecule has 1 saturated carbocycles. The van der Waals surface area contributed by atoms with Gasteiger partial charge < -0.3 is 16.0 Å². The van der Waals surface area contributed by atoms with Gasteiger partial charge in [-0.05, 0) is 37.8 Å². The molecule has 1 fully saturated rings. The van der Waals surface area contributed by atoms with Gasteiger partial charge in [-0.2, -0.15) is 0 Å². The number of carbonyl (C=O) groups excluding carboxylic acids is 1. The summed E-state index contributed by atoms with van der Waals surface area (Å²) in [5.74, 6) is 0.342. The molecule has 1 aliphatic carbocycles. The maximum atomic E-state index is 13.6. The molecule has 0 heterocycles. The molecule has 7 heteroatoms. The van der Waals surface area contributed by atoms with Crippen LogP contribution in [0.25, 0.3) is 0 Å². The number of aliphatic imine (C=N–C) groups is 1. The molecule has 26 heavy (non-hydrogen) atoms. The van der Waals surface area contributed by atoms with E-state index in [0.717, 1.165) is 12.8 Å². The lowest BCUT2D eigenvalue weighted by molar-refractivity contribution is -0.120. The van der Waals surface area contributed by atoms with Crippen molar-refractivity contribution in [2.75, 3.05) is 19.6 Å². The van der Waals surface area contributed by atoms with Gasteiger partial charge in [-0.25, -0.2) is 9.38 Å². The number of nitrogens with zero attached hydrogens (tertiary/aromatic N) is 1. The van der Waals surface area contributed by atoms with Crippen LogP contribution < -0.4 is 16.0 Å². The summed E-state index contributed by atoms with van der Waals surface area (Å²) < 4.78 is 13.6. The summed E-state index contributed by atoms with van der Waals surface area (Å²) in [5, 5.41) is 9.31. The standard InChI is InChI=1S/C19H29FN4O.HI/c1-2-21-19(22-13-12-15-8-6-7-11-17(15)20)23-14-18(25)24-16-9-4-3-5-10-16;/h6-8,11,16H,2-5,9-10,12-14H2,1H3,(H,24,25)(H2,21,22,23);1H. The monoisotopic (exact) mass is 476 g/mol. The third kappa shape index (κ3) is 8.33. The number of nitrogens with one attached hydrogen (secondary N) is 3. The Morgan fingerprint density at radius 3 is 2.62 bits per heavy atom. The van der Waals surface area contributed by atoms with E-state index < -0.39 is 0 Å². The van der Waals surface area contributed by atoms with Crippen LogP contribution in [0.2, 0.25) is 0 Å². The Balaban J connectivity index is 0.00000338. The van der Waals surface area contributed by atoms with E-state index in [1.807, 2.05) is 13.0 Å². The number of hydrogen-bond acceptors (Lipinski definition) is 2. The summed E-state index contributed by atoms with van der Waals surface area (Å²) in [6, 6.07) is 7.05. The van der Waals surface area contributed by atoms with E-state index >= 15 is 0 Å². The van der Waals surface area contributed by atoms with Crippen molar-refractivity contribution in [3.05, 3.63) is 35.6 Å². The maximum Gasteiger partial charge on any atom is 0.242 e. The van der Waals surface area contributed by atoms with E-state index in [2.05, 4.69) is 20.9 Å². The van der Waals surface area contributed by atoms with Crippen molar-refractivity contribution in [1.82, 2.24) is 16.0 Å². The number of benzene rings is 1. The number of rotatable bonds is 7. The van der Waals surface area contributed by atoms with E-state index in [1.54, 1.807) is 12.1 Å². The zero-order valence-corrected chi connectivity index (χ0v) is 17.7. The Morgan fingerprint density at radius 2 is 1.92 bits per heavy atom. The zero-order valence-electron chi connectivity index (χ0n) is 15.4. The average Bonchev–Trinajstić information content (AvgIpc) is 2.62. The molecule has 0 aliphatic heterocycles. The van der Waals surface area contributed by atoms with Gasteiger partial charge in [-0.3, -0.25) is 4.79 Å². The Bertz CT molecular complexity index is 576. The van der Waals surface area contributed by atoms with Gasteiger partial charge in [0.1, 0.15) is 12.4 Å². The van der Waals surface area contributed by atoms with Crippen LogP contribution in [-0.4, -0.2) is 37.5 Å². The number of amides is 1. The lowest BCUT2D eigenvalue weighted by Gasteiger charge is -2.22. The summed E-state index contributed by atoms with van der Waals surface area (Å²) in [4.78, 5) is 16.4. The second-order valence-corrected chi connectivity index (χ2v) is 6.37. The molecule has 1 aliphatic rings. The molecular formula is C19H30FIN4O. The van der Waals surface area contributed by atoms with Crippen LogP contribution in [0.3, 0.4) is 0 Å². The third-order valence-corrected chi connectivity index (χ3v) is 4.34. The van der Waals surface area contributed by atoms with E-state index in [-0.39, 0.29) is 42.2 Å². The van der Waals surface area contributed by atoms with E-state index in [1.165, 1.54) is 25.3 Å². The minimum atomic E-state index is -0.196. The smallest absolute Gasteiger partial charge is 0.242 e. The van der Waals surface area contributed by atoms with Crippen molar-refractivity contribution >= 4 is 35.8 Å². The fourth-order valence-electron chi connectivity index (χ4n) is 3.03. The molecule has 1 aromatic rings. The van der Waals surface area contributed by atoms with Gasteiger partial charge in [0.2, 0.25) is 5.91 Å². The van der Waals surface area contributed by atoms with Crippen LogP contribution >= 0.6 is 24.0 Å². The van der Waals surface area contributed by atoms with E-state index in [4.69, 9.17) is 0 Å². The maximum absolute atomic E-state index is 13.6. The van der Waals surface area contributed by atoms with E-state index in [9.17, 15) is 9.18 Å². The minimum absolute atomic E-state index is 0. The first-order valence-electron chi connectivity index (χ1n) is 9.24. The molecule has 0 saturated heterocycles. The Morgan fingerprint density at radius 1 is 1.19 bits per heavy atom. The van der Waals surface area contributed by atoms with Crippen molar-refractivity contribution in [2.45, 2.75) is 51.5 Å². The number of carbonyl (C=O) groups is 1. The highest BCUT2D eigenvalue weighted by atomic mass is 127. The van der Waals surface area contributed by atoms with Gasteiger partial charge >= 0.3 is 0 Å². The van der Waals surface area contributed by atoms with Gasteiger partial charge in [-0.1, -0.05) is 37.5 Å². The molecular weight excluding hydrogens is 446 g/mol. The highest BCUT2D eigenvalue weighted by Crippen LogP contribution is 2.17. The van der Waals surface area contributed by atoms with Crippen LogP contribution in [-0.2, 0) is 11.2 Å². The summed E-state index contributed by atoms with van der Waals surface area (Å²) >= 11 is 0. The van der Waals surface area contributed by atoms with E-state index in [0.29, 0.717) is 37.1 Å². The van der Waals surface area contributed by atoms with Crippen molar-refractivity contribution < 1.29 is 9.18 Å². The van der Waals surface area contributed by atoms with Gasteiger partial charge in [0, 0.05) is 19.1 Å². The van der Waals surface area contributed by atoms with Crippen LogP contribution in [0.5, 0.6) is 0 Å². The highest BCUT2D eigenvalue weighted by Gasteiger charge is 2.15. The first-order valence-corrected chi connectivity index (χ1v) is 9.24. The quantitative estimate of drug-likeness (QED) is 0.322. The van der Waals surface area contributed by atoms with Gasteiger partial charge in [0.25, 0.3) is 0 Å². The molecule has 1 aromatic carbocycles. The fourth-order valence-corrected chi connectivity index (χ4v) is 3.03. The molecule has 2 rings (SSSR count). The zero-order chi connectivity index (χ0) is 17.9. The van der Waals surface area contributed by atoms with Gasteiger partial charge in [0.05, 0.1) is 0 Å². The van der Waals surface area contributed by atoms with Crippen LogP contribution in [0.1, 0.15) is 44.6 Å². The van der Waals surface area contributed by atoms with Crippen molar-refractivity contribution in [3.8, 4) is 0 Å². The van der Waals surface area contributed by atoms with Gasteiger partial charge in [-0.15, -0.1) is 24.0 Å².